The fourth-order valence-corrected chi connectivity index (χ4v) is 4.98. The quantitative estimate of drug-likeness (QED) is 0.432. The van der Waals surface area contributed by atoms with E-state index in [-0.39, 0.29) is 5.41 Å². The Morgan fingerprint density at radius 2 is 1.73 bits per heavy atom. The molecule has 1 saturated heterocycles. The molecule has 0 bridgehead atoms. The number of nitriles is 1. The highest BCUT2D eigenvalue weighted by Gasteiger charge is 2.37. The number of carbonyl (C=O) groups is 1. The van der Waals surface area contributed by atoms with Gasteiger partial charge in [0.05, 0.1) is 24.8 Å². The smallest absolute Gasteiger partial charge is 0.407 e. The van der Waals surface area contributed by atoms with Crippen LogP contribution in [0.15, 0.2) is 77.3 Å². The molecule has 0 unspecified atom stereocenters. The zero-order valence-corrected chi connectivity index (χ0v) is 19.8. The molecule has 0 spiro atoms. The summed E-state index contributed by atoms with van der Waals surface area (Å²) in [4.78, 5) is 12.9. The number of nitrogens with zero attached hydrogens (tertiary/aromatic N) is 2. The number of rotatable bonds is 6. The van der Waals surface area contributed by atoms with E-state index in [4.69, 9.17) is 10.00 Å². The van der Waals surface area contributed by atoms with Crippen molar-refractivity contribution >= 4 is 22.0 Å². The van der Waals surface area contributed by atoms with Crippen molar-refractivity contribution in [2.24, 2.45) is 0 Å². The Balaban J connectivity index is 1.49. The molecule has 4 rings (SSSR count). The maximum Gasteiger partial charge on any atom is 0.407 e. The van der Waals surface area contributed by atoms with Crippen molar-refractivity contribution in [2.45, 2.75) is 24.9 Å². The number of piperidine rings is 1. The maximum atomic E-state index is 11.4. The van der Waals surface area contributed by atoms with Crippen LogP contribution in [0.5, 0.6) is 0 Å². The van der Waals surface area contributed by atoms with Crippen LogP contribution in [0.1, 0.15) is 29.5 Å². The number of halogens is 1. The van der Waals surface area contributed by atoms with Gasteiger partial charge in [0.25, 0.3) is 0 Å². The summed E-state index contributed by atoms with van der Waals surface area (Å²) in [6.07, 6.45) is 0.610. The molecule has 1 aliphatic rings. The molecular weight excluding hydrogens is 480 g/mol. The second-order valence-electron chi connectivity index (χ2n) is 8.45. The molecule has 168 valence electrons. The van der Waals surface area contributed by atoms with Gasteiger partial charge in [0.2, 0.25) is 0 Å². The van der Waals surface area contributed by atoms with Crippen LogP contribution in [0.2, 0.25) is 0 Å². The molecule has 6 heteroatoms. The summed E-state index contributed by atoms with van der Waals surface area (Å²) >= 11 is 3.61. The SMILES string of the molecule is N#Cc1ccc(-c2cc(Br)cc(COCC3(c4ccccc4)CCN(C(=O)O)CC3)c2)cc1. The van der Waals surface area contributed by atoms with Gasteiger partial charge in [0, 0.05) is 23.0 Å². The molecule has 0 aliphatic carbocycles. The van der Waals surface area contributed by atoms with Crippen molar-refractivity contribution in [3.05, 3.63) is 94.0 Å². The first-order valence-electron chi connectivity index (χ1n) is 10.9. The first-order valence-corrected chi connectivity index (χ1v) is 11.7. The van der Waals surface area contributed by atoms with E-state index in [2.05, 4.69) is 52.3 Å². The number of hydrogen-bond donors (Lipinski definition) is 1. The van der Waals surface area contributed by atoms with Gasteiger partial charge in [-0.25, -0.2) is 4.79 Å². The third-order valence-electron chi connectivity index (χ3n) is 6.33. The second-order valence-corrected chi connectivity index (χ2v) is 9.36. The van der Waals surface area contributed by atoms with Crippen LogP contribution < -0.4 is 0 Å². The minimum Gasteiger partial charge on any atom is -0.465 e. The van der Waals surface area contributed by atoms with E-state index in [0.717, 1.165) is 34.0 Å². The number of carboxylic acid groups (broad SMARTS) is 1. The Hall–Kier alpha value is -3.14. The van der Waals surface area contributed by atoms with Crippen LogP contribution >= 0.6 is 15.9 Å². The van der Waals surface area contributed by atoms with Gasteiger partial charge >= 0.3 is 6.09 Å². The highest BCUT2D eigenvalue weighted by molar-refractivity contribution is 9.10. The largest absolute Gasteiger partial charge is 0.465 e. The summed E-state index contributed by atoms with van der Waals surface area (Å²) in [5.41, 5.74) is 4.78. The molecule has 3 aromatic rings. The Labute approximate surface area is 202 Å². The van der Waals surface area contributed by atoms with Crippen molar-refractivity contribution < 1.29 is 14.6 Å². The minimum absolute atomic E-state index is 0.199. The standard InChI is InChI=1S/C27H25BrN2O3/c28-25-15-21(14-23(16-25)22-8-6-20(17-29)7-9-22)18-33-19-27(24-4-2-1-3-5-24)10-12-30(13-11-27)26(31)32/h1-9,14-16H,10-13,18-19H2,(H,31,32). The molecule has 5 nitrogen and oxygen atoms in total. The summed E-state index contributed by atoms with van der Waals surface area (Å²) in [5, 5.41) is 18.4. The average Bonchev–Trinajstić information content (AvgIpc) is 2.84. The van der Waals surface area contributed by atoms with Crippen LogP contribution in [-0.2, 0) is 16.8 Å². The van der Waals surface area contributed by atoms with Crippen LogP contribution in [-0.4, -0.2) is 35.8 Å². The lowest BCUT2D eigenvalue weighted by Gasteiger charge is -2.41. The zero-order chi connectivity index (χ0) is 23.3. The first kappa shape index (κ1) is 23.0. The highest BCUT2D eigenvalue weighted by atomic mass is 79.9. The first-order chi connectivity index (χ1) is 16.0. The van der Waals surface area contributed by atoms with Gasteiger partial charge < -0.3 is 14.7 Å². The van der Waals surface area contributed by atoms with Crippen LogP contribution in [0.4, 0.5) is 4.79 Å². The number of amides is 1. The predicted molar refractivity (Wildman–Crippen MR) is 131 cm³/mol. The summed E-state index contributed by atoms with van der Waals surface area (Å²) < 4.78 is 7.23. The third-order valence-corrected chi connectivity index (χ3v) is 6.79. The van der Waals surface area contributed by atoms with Gasteiger partial charge in [-0.15, -0.1) is 0 Å². The second kappa shape index (κ2) is 10.2. The topological polar surface area (TPSA) is 73.6 Å². The van der Waals surface area contributed by atoms with Gasteiger partial charge in [-0.05, 0) is 65.4 Å². The molecule has 3 aromatic carbocycles. The van der Waals surface area contributed by atoms with E-state index in [1.165, 1.54) is 10.5 Å². The van der Waals surface area contributed by atoms with Crippen molar-refractivity contribution in [2.75, 3.05) is 19.7 Å². The number of likely N-dealkylation sites (tertiary alicyclic amines) is 1. The zero-order valence-electron chi connectivity index (χ0n) is 18.2. The van der Waals surface area contributed by atoms with Crippen LogP contribution in [0, 0.1) is 11.3 Å². The summed E-state index contributed by atoms with van der Waals surface area (Å²) in [6, 6.07) is 26.2. The lowest BCUT2D eigenvalue weighted by molar-refractivity contribution is 0.0369. The van der Waals surface area contributed by atoms with Crippen LogP contribution in [0.25, 0.3) is 11.1 Å². The minimum atomic E-state index is -0.859. The number of benzene rings is 3. The molecule has 1 aliphatic heterocycles. The van der Waals surface area contributed by atoms with E-state index >= 15 is 0 Å². The van der Waals surface area contributed by atoms with E-state index in [0.29, 0.717) is 31.9 Å². The van der Waals surface area contributed by atoms with Crippen molar-refractivity contribution in [3.63, 3.8) is 0 Å². The molecule has 1 fully saturated rings. The fraction of sp³-hybridized carbons (Fsp3) is 0.259. The molecule has 1 heterocycles. The van der Waals surface area contributed by atoms with Crippen molar-refractivity contribution in [1.82, 2.24) is 4.90 Å². The highest BCUT2D eigenvalue weighted by Crippen LogP contribution is 2.36. The van der Waals surface area contributed by atoms with Crippen LogP contribution in [0.3, 0.4) is 0 Å². The van der Waals surface area contributed by atoms with Crippen molar-refractivity contribution in [1.29, 1.82) is 5.26 Å². The molecule has 0 radical (unpaired) electrons. The van der Waals surface area contributed by atoms with E-state index in [9.17, 15) is 9.90 Å². The van der Waals surface area contributed by atoms with Gasteiger partial charge in [-0.3, -0.25) is 0 Å². The Bertz CT molecular complexity index is 1150. The Morgan fingerprint density at radius 3 is 2.36 bits per heavy atom. The van der Waals surface area contributed by atoms with Crippen molar-refractivity contribution in [3.8, 4) is 17.2 Å². The van der Waals surface area contributed by atoms with Gasteiger partial charge in [-0.2, -0.15) is 5.26 Å². The summed E-state index contributed by atoms with van der Waals surface area (Å²) in [6.45, 7) is 2.00. The summed E-state index contributed by atoms with van der Waals surface area (Å²) in [7, 11) is 0. The predicted octanol–water partition coefficient (Wildman–Crippen LogP) is 6.22. The Kier molecular flexibility index (Phi) is 7.12. The summed E-state index contributed by atoms with van der Waals surface area (Å²) in [5.74, 6) is 0. The van der Waals surface area contributed by atoms with E-state index in [1.807, 2.05) is 42.5 Å². The van der Waals surface area contributed by atoms with E-state index < -0.39 is 6.09 Å². The third kappa shape index (κ3) is 5.44. The monoisotopic (exact) mass is 504 g/mol. The fourth-order valence-electron chi connectivity index (χ4n) is 4.44. The van der Waals surface area contributed by atoms with Gasteiger partial charge in [0.1, 0.15) is 0 Å². The Morgan fingerprint density at radius 1 is 1.03 bits per heavy atom. The lowest BCUT2D eigenvalue weighted by atomic mass is 9.73. The lowest BCUT2D eigenvalue weighted by Crippen LogP contribution is -2.46. The molecule has 1 N–H and O–H groups in total. The molecule has 0 atom stereocenters. The molecule has 33 heavy (non-hydrogen) atoms. The van der Waals surface area contributed by atoms with E-state index in [1.54, 1.807) is 0 Å². The number of ether oxygens (including phenoxy) is 1. The molecular formula is C27H25BrN2O3. The van der Waals surface area contributed by atoms with Gasteiger partial charge in [-0.1, -0.05) is 58.4 Å². The molecule has 0 saturated carbocycles. The molecule has 1 amide bonds. The normalized spacial score (nSPS) is 15.1. The average molecular weight is 505 g/mol. The maximum absolute atomic E-state index is 11.4. The number of hydrogen-bond acceptors (Lipinski definition) is 3. The van der Waals surface area contributed by atoms with Gasteiger partial charge in [0.15, 0.2) is 0 Å². The molecule has 0 aromatic heterocycles.